The topological polar surface area (TPSA) is 58.6 Å². The molecule has 2 amide bonds. The second-order valence-corrected chi connectivity index (χ2v) is 6.36. The summed E-state index contributed by atoms with van der Waals surface area (Å²) in [4.78, 5) is 26.4. The van der Waals surface area contributed by atoms with Gasteiger partial charge in [-0.15, -0.1) is 0 Å². The number of hydrogen-bond acceptors (Lipinski definition) is 3. The number of nitrogens with one attached hydrogen (secondary N) is 1. The minimum absolute atomic E-state index is 0.00943. The van der Waals surface area contributed by atoms with Gasteiger partial charge in [-0.3, -0.25) is 9.59 Å². The van der Waals surface area contributed by atoms with Gasteiger partial charge in [0.25, 0.3) is 0 Å². The molecule has 0 aliphatic heterocycles. The average molecular weight is 368 g/mol. The number of rotatable bonds is 8. The predicted octanol–water partition coefficient (Wildman–Crippen LogP) is 3.49. The molecule has 5 heteroatoms. The van der Waals surface area contributed by atoms with Crippen LogP contribution in [0.15, 0.2) is 42.5 Å². The summed E-state index contributed by atoms with van der Waals surface area (Å²) in [5.41, 5.74) is 4.00. The molecule has 0 fully saturated rings. The van der Waals surface area contributed by atoms with E-state index in [1.807, 2.05) is 42.5 Å². The number of hydrogen-bond donors (Lipinski definition) is 1. The second-order valence-electron chi connectivity index (χ2n) is 6.36. The van der Waals surface area contributed by atoms with E-state index in [0.717, 1.165) is 41.0 Å². The van der Waals surface area contributed by atoms with E-state index < -0.39 is 0 Å². The zero-order chi connectivity index (χ0) is 19.8. The number of methoxy groups -OCH3 is 1. The fraction of sp³-hybridized carbons (Fsp3) is 0.364. The van der Waals surface area contributed by atoms with Crippen LogP contribution in [-0.4, -0.2) is 25.5 Å². The lowest BCUT2D eigenvalue weighted by molar-refractivity contribution is -0.123. The molecule has 144 valence electrons. The molecule has 0 saturated carbocycles. The Hall–Kier alpha value is -2.82. The molecule has 5 nitrogen and oxygen atoms in total. The Kier molecular flexibility index (Phi) is 7.41. The molecule has 0 spiro atoms. The molecule has 0 aromatic heterocycles. The van der Waals surface area contributed by atoms with E-state index in [0.29, 0.717) is 6.54 Å². The van der Waals surface area contributed by atoms with Gasteiger partial charge in [0.05, 0.1) is 12.8 Å². The number of nitrogens with zero attached hydrogens (tertiary/aromatic N) is 1. The minimum Gasteiger partial charge on any atom is -0.497 e. The van der Waals surface area contributed by atoms with Gasteiger partial charge in [-0.05, 0) is 41.7 Å². The number of carbonyl (C=O) groups excluding carboxylic acids is 2. The molecule has 27 heavy (non-hydrogen) atoms. The van der Waals surface area contributed by atoms with Crippen LogP contribution in [0.1, 0.15) is 37.5 Å². The van der Waals surface area contributed by atoms with E-state index in [9.17, 15) is 9.59 Å². The molecule has 0 radical (unpaired) electrons. The van der Waals surface area contributed by atoms with Gasteiger partial charge >= 0.3 is 0 Å². The van der Waals surface area contributed by atoms with Crippen LogP contribution >= 0.6 is 0 Å². The summed E-state index contributed by atoms with van der Waals surface area (Å²) in [6, 6.07) is 13.6. The van der Waals surface area contributed by atoms with E-state index in [1.54, 1.807) is 12.0 Å². The molecular formula is C22H28N2O3. The molecule has 0 bridgehead atoms. The number of para-hydroxylation sites is 1. The highest BCUT2D eigenvalue weighted by atomic mass is 16.5. The zero-order valence-electron chi connectivity index (χ0n) is 16.5. The van der Waals surface area contributed by atoms with Gasteiger partial charge in [0.1, 0.15) is 12.3 Å². The molecule has 2 rings (SSSR count). The Labute approximate surface area is 161 Å². The third-order valence-corrected chi connectivity index (χ3v) is 4.57. The van der Waals surface area contributed by atoms with Crippen molar-refractivity contribution in [2.75, 3.05) is 18.6 Å². The van der Waals surface area contributed by atoms with Crippen molar-refractivity contribution in [1.29, 1.82) is 0 Å². The summed E-state index contributed by atoms with van der Waals surface area (Å²) in [5, 5.41) is 2.89. The monoisotopic (exact) mass is 368 g/mol. The Morgan fingerprint density at radius 1 is 1.00 bits per heavy atom. The standard InChI is InChI=1S/C22H28N2O3/c1-5-18-8-7-9-19(6-2)22(18)24(16(3)25)15-21(26)23-14-17-10-12-20(27-4)13-11-17/h7-13H,5-6,14-15H2,1-4H3,(H,23,26). The van der Waals surface area contributed by atoms with Crippen molar-refractivity contribution in [3.05, 3.63) is 59.2 Å². The van der Waals surface area contributed by atoms with Crippen LogP contribution in [0.25, 0.3) is 0 Å². The smallest absolute Gasteiger partial charge is 0.240 e. The van der Waals surface area contributed by atoms with Crippen molar-refractivity contribution >= 4 is 17.5 Å². The van der Waals surface area contributed by atoms with Crippen LogP contribution in [-0.2, 0) is 29.0 Å². The highest BCUT2D eigenvalue weighted by Gasteiger charge is 2.20. The molecule has 0 saturated heterocycles. The molecule has 2 aromatic carbocycles. The largest absolute Gasteiger partial charge is 0.497 e. The van der Waals surface area contributed by atoms with Crippen LogP contribution in [0.2, 0.25) is 0 Å². The van der Waals surface area contributed by atoms with Crippen molar-refractivity contribution in [3.63, 3.8) is 0 Å². The third-order valence-electron chi connectivity index (χ3n) is 4.57. The van der Waals surface area contributed by atoms with Crippen molar-refractivity contribution in [3.8, 4) is 5.75 Å². The van der Waals surface area contributed by atoms with E-state index in [2.05, 4.69) is 19.2 Å². The van der Waals surface area contributed by atoms with Gasteiger partial charge < -0.3 is 15.0 Å². The Balaban J connectivity index is 2.12. The summed E-state index contributed by atoms with van der Waals surface area (Å²) >= 11 is 0. The van der Waals surface area contributed by atoms with Gasteiger partial charge in [-0.1, -0.05) is 44.2 Å². The quantitative estimate of drug-likeness (QED) is 0.776. The van der Waals surface area contributed by atoms with Crippen LogP contribution in [0, 0.1) is 0 Å². The lowest BCUT2D eigenvalue weighted by Gasteiger charge is -2.26. The van der Waals surface area contributed by atoms with E-state index >= 15 is 0 Å². The lowest BCUT2D eigenvalue weighted by atomic mass is 10.0. The van der Waals surface area contributed by atoms with Crippen LogP contribution < -0.4 is 15.0 Å². The molecule has 1 N–H and O–H groups in total. The molecule has 0 atom stereocenters. The molecule has 0 aliphatic carbocycles. The van der Waals surface area contributed by atoms with E-state index in [4.69, 9.17) is 4.74 Å². The van der Waals surface area contributed by atoms with E-state index in [-0.39, 0.29) is 18.4 Å². The highest BCUT2D eigenvalue weighted by Crippen LogP contribution is 2.27. The van der Waals surface area contributed by atoms with Crippen molar-refractivity contribution in [1.82, 2.24) is 5.32 Å². The number of amides is 2. The normalized spacial score (nSPS) is 10.4. The zero-order valence-corrected chi connectivity index (χ0v) is 16.5. The minimum atomic E-state index is -0.186. The number of carbonyl (C=O) groups is 2. The second kappa shape index (κ2) is 9.76. The highest BCUT2D eigenvalue weighted by molar-refractivity contribution is 5.98. The molecule has 0 unspecified atom stereocenters. The number of anilines is 1. The van der Waals surface area contributed by atoms with Crippen LogP contribution in [0.5, 0.6) is 5.75 Å². The van der Waals surface area contributed by atoms with Gasteiger partial charge in [-0.2, -0.15) is 0 Å². The first-order valence-electron chi connectivity index (χ1n) is 9.28. The van der Waals surface area contributed by atoms with E-state index in [1.165, 1.54) is 6.92 Å². The first kappa shape index (κ1) is 20.5. The third kappa shape index (κ3) is 5.33. The van der Waals surface area contributed by atoms with Gasteiger partial charge in [0.2, 0.25) is 11.8 Å². The SMILES string of the molecule is CCc1cccc(CC)c1N(CC(=O)NCc1ccc(OC)cc1)C(C)=O. The lowest BCUT2D eigenvalue weighted by Crippen LogP contribution is -2.40. The van der Waals surface area contributed by atoms with Crippen molar-refractivity contribution in [2.45, 2.75) is 40.2 Å². The Morgan fingerprint density at radius 3 is 2.07 bits per heavy atom. The summed E-state index contributed by atoms with van der Waals surface area (Å²) in [5.74, 6) is 0.454. The first-order valence-corrected chi connectivity index (χ1v) is 9.28. The maximum atomic E-state index is 12.5. The molecular weight excluding hydrogens is 340 g/mol. The Bertz CT molecular complexity index is 762. The fourth-order valence-electron chi connectivity index (χ4n) is 3.05. The first-order chi connectivity index (χ1) is 13.0. The van der Waals surface area contributed by atoms with Crippen molar-refractivity contribution < 1.29 is 14.3 Å². The van der Waals surface area contributed by atoms with Crippen LogP contribution in [0.3, 0.4) is 0 Å². The fourth-order valence-corrected chi connectivity index (χ4v) is 3.05. The molecule has 2 aromatic rings. The number of benzene rings is 2. The Morgan fingerprint density at radius 2 is 1.59 bits per heavy atom. The summed E-state index contributed by atoms with van der Waals surface area (Å²) in [6.45, 7) is 6.03. The molecule has 0 heterocycles. The number of aryl methyl sites for hydroxylation is 2. The summed E-state index contributed by atoms with van der Waals surface area (Å²) in [7, 11) is 1.62. The maximum absolute atomic E-state index is 12.5. The summed E-state index contributed by atoms with van der Waals surface area (Å²) < 4.78 is 5.13. The van der Waals surface area contributed by atoms with Gasteiger partial charge in [0, 0.05) is 13.5 Å². The average Bonchev–Trinajstić information content (AvgIpc) is 2.70. The molecule has 0 aliphatic rings. The summed E-state index contributed by atoms with van der Waals surface area (Å²) in [6.07, 6.45) is 1.61. The van der Waals surface area contributed by atoms with Gasteiger partial charge in [-0.25, -0.2) is 0 Å². The number of ether oxygens (including phenoxy) is 1. The van der Waals surface area contributed by atoms with Crippen molar-refractivity contribution in [2.24, 2.45) is 0 Å². The van der Waals surface area contributed by atoms with Gasteiger partial charge in [0.15, 0.2) is 0 Å². The van der Waals surface area contributed by atoms with Crippen LogP contribution in [0.4, 0.5) is 5.69 Å². The maximum Gasteiger partial charge on any atom is 0.240 e. The predicted molar refractivity (Wildman–Crippen MR) is 108 cm³/mol.